The summed E-state index contributed by atoms with van der Waals surface area (Å²) in [4.78, 5) is 0. The molecule has 0 aliphatic rings. The predicted octanol–water partition coefficient (Wildman–Crippen LogP) is 6.94. The first-order valence-corrected chi connectivity index (χ1v) is 14.4. The Kier molecular flexibility index (Phi) is 16.4. The average molecular weight is 468 g/mol. The number of rotatable bonds is 8. The van der Waals surface area contributed by atoms with Crippen LogP contribution in [0.25, 0.3) is 0 Å². The first kappa shape index (κ1) is 31.0. The smallest absolute Gasteiger partial charge is 0.178 e. The minimum atomic E-state index is -1.96. The van der Waals surface area contributed by atoms with Gasteiger partial charge in [-0.1, -0.05) is 110 Å². The Morgan fingerprint density at radius 1 is 0.606 bits per heavy atom. The van der Waals surface area contributed by atoms with Gasteiger partial charge in [-0.05, 0) is 54.8 Å². The van der Waals surface area contributed by atoms with E-state index in [4.69, 9.17) is 5.73 Å². The largest absolute Gasteiger partial charge is 0.330 e. The highest BCUT2D eigenvalue weighted by atomic mass is 31.2. The van der Waals surface area contributed by atoms with Gasteiger partial charge in [0.25, 0.3) is 0 Å². The molecule has 0 saturated heterocycles. The second-order valence-electron chi connectivity index (χ2n) is 7.72. The molecule has 3 N–H and O–H groups in total. The van der Waals surface area contributed by atoms with Gasteiger partial charge in [0.15, 0.2) is 7.41 Å². The first-order chi connectivity index (χ1) is 16.1. The average Bonchev–Trinajstić information content (AvgIpc) is 2.90. The number of hydrogen-bond donors (Lipinski definition) is 2. The molecule has 0 bridgehead atoms. The Morgan fingerprint density at radius 2 is 0.909 bits per heavy atom. The van der Waals surface area contributed by atoms with E-state index in [1.54, 1.807) is 0 Å². The molecule has 3 rings (SSSR count). The van der Waals surface area contributed by atoms with Gasteiger partial charge in [0.1, 0.15) is 15.9 Å². The van der Waals surface area contributed by atoms with E-state index in [-0.39, 0.29) is 5.41 Å². The predicted molar refractivity (Wildman–Crippen MR) is 155 cm³/mol. The molecule has 0 fully saturated rings. The normalized spacial score (nSPS) is 10.5. The fourth-order valence-corrected chi connectivity index (χ4v) is 7.45. The molecule has 0 aromatic heterocycles. The fraction of sp³-hybridized carbons (Fsp3) is 0.400. The van der Waals surface area contributed by atoms with Crippen LogP contribution < -0.4 is 26.7 Å². The lowest BCUT2D eigenvalue weighted by Crippen LogP contribution is -2.44. The van der Waals surface area contributed by atoms with Gasteiger partial charge in [-0.25, -0.2) is 0 Å². The van der Waals surface area contributed by atoms with E-state index in [1.807, 2.05) is 41.5 Å². The van der Waals surface area contributed by atoms with Gasteiger partial charge >= 0.3 is 0 Å². The highest BCUT2D eigenvalue weighted by molar-refractivity contribution is 7.94. The zero-order valence-corrected chi connectivity index (χ0v) is 23.2. The summed E-state index contributed by atoms with van der Waals surface area (Å²) in [5.74, 6) is 0. The van der Waals surface area contributed by atoms with Crippen LogP contribution >= 0.6 is 7.41 Å². The quantitative estimate of drug-likeness (QED) is 0.352. The van der Waals surface area contributed by atoms with Crippen molar-refractivity contribution in [3.63, 3.8) is 0 Å². The Balaban J connectivity index is 0.00000158. The van der Waals surface area contributed by atoms with E-state index in [9.17, 15) is 0 Å². The summed E-state index contributed by atoms with van der Waals surface area (Å²) in [5.41, 5.74) is 6.01. The molecule has 0 heterocycles. The zero-order valence-electron chi connectivity index (χ0n) is 22.3. The molecule has 0 aliphatic heterocycles. The second kappa shape index (κ2) is 17.5. The van der Waals surface area contributed by atoms with Crippen molar-refractivity contribution in [3.05, 3.63) is 91.0 Å². The van der Waals surface area contributed by atoms with Gasteiger partial charge in [0.2, 0.25) is 0 Å². The maximum atomic E-state index is 5.87. The van der Waals surface area contributed by atoms with Crippen molar-refractivity contribution in [2.75, 3.05) is 13.1 Å². The second-order valence-corrected chi connectivity index (χ2v) is 10.9. The number of nitrogens with two attached hydrogens (primary N) is 1. The van der Waals surface area contributed by atoms with Gasteiger partial charge < -0.3 is 5.73 Å². The third kappa shape index (κ3) is 9.05. The van der Waals surface area contributed by atoms with Crippen LogP contribution in [0.2, 0.25) is 0 Å². The molecule has 182 valence electrons. The Hall–Kier alpha value is -1.99. The minimum absolute atomic E-state index is 0.137. The molecule has 0 amide bonds. The van der Waals surface area contributed by atoms with Crippen molar-refractivity contribution >= 4 is 23.3 Å². The lowest BCUT2D eigenvalue weighted by Gasteiger charge is -2.32. The molecular formula is C30H48N2P+. The molecule has 0 aliphatic carbocycles. The van der Waals surface area contributed by atoms with Crippen LogP contribution in [0, 0.1) is 5.41 Å². The van der Waals surface area contributed by atoms with Gasteiger partial charge in [-0.3, -0.25) is 0 Å². The molecule has 0 radical (unpaired) electrons. The monoisotopic (exact) mass is 467 g/mol. The van der Waals surface area contributed by atoms with E-state index in [0.29, 0.717) is 6.54 Å². The van der Waals surface area contributed by atoms with E-state index < -0.39 is 7.41 Å². The van der Waals surface area contributed by atoms with Gasteiger partial charge in [-0.2, -0.15) is 5.09 Å². The molecule has 33 heavy (non-hydrogen) atoms. The maximum absolute atomic E-state index is 5.87. The Bertz CT molecular complexity index is 721. The van der Waals surface area contributed by atoms with E-state index in [1.165, 1.54) is 15.9 Å². The topological polar surface area (TPSA) is 38.0 Å². The van der Waals surface area contributed by atoms with E-state index >= 15 is 0 Å². The Morgan fingerprint density at radius 3 is 1.18 bits per heavy atom. The standard InChI is InChI=1S/C24H30N2P.3C2H6/c1-24(2,18-19-25)20-26-27(21-12-6-3-7-13-21,22-14-8-4-9-15-22)23-16-10-5-11-17-23;3*1-2/h3-17,26H,18-20,25H2,1-2H3;3*1-2H3/q+1;;;. The molecule has 0 saturated carbocycles. The summed E-state index contributed by atoms with van der Waals surface area (Å²) < 4.78 is 0. The highest BCUT2D eigenvalue weighted by Crippen LogP contribution is 2.51. The summed E-state index contributed by atoms with van der Waals surface area (Å²) in [6.45, 7) is 18.2. The van der Waals surface area contributed by atoms with Crippen LogP contribution in [0.5, 0.6) is 0 Å². The van der Waals surface area contributed by atoms with Crippen LogP contribution in [0.4, 0.5) is 0 Å². The molecule has 3 heteroatoms. The molecule has 3 aromatic carbocycles. The Labute approximate surface area is 205 Å². The first-order valence-electron chi connectivity index (χ1n) is 12.6. The van der Waals surface area contributed by atoms with Crippen molar-refractivity contribution in [1.29, 1.82) is 0 Å². The summed E-state index contributed by atoms with van der Waals surface area (Å²) in [5, 5.41) is 8.12. The van der Waals surface area contributed by atoms with Crippen molar-refractivity contribution < 1.29 is 0 Å². The van der Waals surface area contributed by atoms with Crippen LogP contribution in [-0.4, -0.2) is 13.1 Å². The number of hydrogen-bond acceptors (Lipinski definition) is 2. The van der Waals surface area contributed by atoms with Crippen LogP contribution in [-0.2, 0) is 0 Å². The van der Waals surface area contributed by atoms with E-state index in [2.05, 4.69) is 110 Å². The van der Waals surface area contributed by atoms with Crippen molar-refractivity contribution in [2.24, 2.45) is 11.1 Å². The molecule has 2 nitrogen and oxygen atoms in total. The lowest BCUT2D eigenvalue weighted by molar-refractivity contribution is 0.343. The van der Waals surface area contributed by atoms with Crippen LogP contribution in [0.15, 0.2) is 91.0 Å². The van der Waals surface area contributed by atoms with Crippen molar-refractivity contribution in [2.45, 2.75) is 61.8 Å². The molecule has 3 aromatic rings. The van der Waals surface area contributed by atoms with Crippen LogP contribution in [0.1, 0.15) is 61.8 Å². The molecule has 0 spiro atoms. The third-order valence-corrected chi connectivity index (χ3v) is 8.90. The lowest BCUT2D eigenvalue weighted by atomic mass is 9.90. The van der Waals surface area contributed by atoms with Crippen LogP contribution in [0.3, 0.4) is 0 Å². The van der Waals surface area contributed by atoms with E-state index in [0.717, 1.165) is 13.0 Å². The molecule has 0 atom stereocenters. The third-order valence-electron chi connectivity index (χ3n) is 5.05. The maximum Gasteiger partial charge on any atom is 0.178 e. The van der Waals surface area contributed by atoms with Gasteiger partial charge in [0.05, 0.1) is 0 Å². The van der Waals surface area contributed by atoms with Crippen molar-refractivity contribution in [3.8, 4) is 0 Å². The molecule has 0 unspecified atom stereocenters. The summed E-state index contributed by atoms with van der Waals surface area (Å²) in [7, 11) is -1.96. The van der Waals surface area contributed by atoms with Crippen molar-refractivity contribution in [1.82, 2.24) is 5.09 Å². The fourth-order valence-electron chi connectivity index (χ4n) is 3.49. The zero-order chi connectivity index (χ0) is 25.2. The van der Waals surface area contributed by atoms with Gasteiger partial charge in [-0.15, -0.1) is 0 Å². The number of benzene rings is 3. The summed E-state index contributed by atoms with van der Waals surface area (Å²) >= 11 is 0. The SMILES string of the molecule is CC.CC.CC.CC(C)(CCN)CN[P+](c1ccccc1)(c1ccccc1)c1ccccc1. The highest BCUT2D eigenvalue weighted by Gasteiger charge is 2.46. The summed E-state index contributed by atoms with van der Waals surface area (Å²) in [6, 6.07) is 32.7. The summed E-state index contributed by atoms with van der Waals surface area (Å²) in [6.07, 6.45) is 0.998. The molecular weight excluding hydrogens is 419 g/mol. The minimum Gasteiger partial charge on any atom is -0.330 e. The number of nitrogens with one attached hydrogen (secondary N) is 1. The van der Waals surface area contributed by atoms with Gasteiger partial charge in [0, 0.05) is 6.54 Å².